The van der Waals surface area contributed by atoms with E-state index in [1.54, 1.807) is 11.0 Å². The van der Waals surface area contributed by atoms with Crippen LogP contribution in [0.5, 0.6) is 0 Å². The van der Waals surface area contributed by atoms with Gasteiger partial charge in [0.15, 0.2) is 0 Å². The van der Waals surface area contributed by atoms with Gasteiger partial charge in [-0.05, 0) is 56.7 Å². The van der Waals surface area contributed by atoms with Crippen molar-refractivity contribution in [2.45, 2.75) is 62.8 Å². The number of hydrogen-bond donors (Lipinski definition) is 1. The topological polar surface area (TPSA) is 67.9 Å². The Labute approximate surface area is 164 Å². The molecule has 1 aromatic rings. The molecule has 2 amide bonds. The van der Waals surface area contributed by atoms with Gasteiger partial charge in [-0.1, -0.05) is 12.5 Å². The van der Waals surface area contributed by atoms with Crippen molar-refractivity contribution in [1.82, 2.24) is 10.2 Å². The zero-order valence-corrected chi connectivity index (χ0v) is 16.0. The van der Waals surface area contributed by atoms with E-state index in [9.17, 15) is 14.0 Å². The van der Waals surface area contributed by atoms with Crippen LogP contribution in [0.25, 0.3) is 0 Å². The molecular weight excluding hydrogens is 363 g/mol. The molecule has 4 rings (SSSR count). The van der Waals surface area contributed by atoms with E-state index in [1.165, 1.54) is 18.2 Å². The highest BCUT2D eigenvalue weighted by Gasteiger charge is 2.53. The van der Waals surface area contributed by atoms with E-state index >= 15 is 0 Å². The number of hydrogen-bond acceptors (Lipinski definition) is 4. The zero-order chi connectivity index (χ0) is 19.6. The second-order valence-electron chi connectivity index (χ2n) is 7.90. The first-order valence-corrected chi connectivity index (χ1v) is 10.2. The van der Waals surface area contributed by atoms with Crippen LogP contribution in [-0.4, -0.2) is 54.3 Å². The van der Waals surface area contributed by atoms with Crippen LogP contribution < -0.4 is 5.32 Å². The Morgan fingerprint density at radius 3 is 2.75 bits per heavy atom. The van der Waals surface area contributed by atoms with E-state index in [2.05, 4.69) is 5.32 Å². The van der Waals surface area contributed by atoms with Crippen LogP contribution in [0.15, 0.2) is 24.3 Å². The summed E-state index contributed by atoms with van der Waals surface area (Å²) < 4.78 is 25.4. The molecule has 2 atom stereocenters. The maximum atomic E-state index is 13.7. The van der Waals surface area contributed by atoms with Crippen LogP contribution in [0.1, 0.15) is 55.3 Å². The van der Waals surface area contributed by atoms with E-state index in [0.717, 1.165) is 38.7 Å². The average Bonchev–Trinajstić information content (AvgIpc) is 3.35. The van der Waals surface area contributed by atoms with Crippen LogP contribution >= 0.6 is 0 Å². The predicted octanol–water partition coefficient (Wildman–Crippen LogP) is 2.62. The highest BCUT2D eigenvalue weighted by atomic mass is 19.1. The smallest absolute Gasteiger partial charge is 0.256 e. The lowest BCUT2D eigenvalue weighted by Gasteiger charge is -2.41. The first-order chi connectivity index (χ1) is 13.6. The number of halogens is 1. The average molecular weight is 390 g/mol. The largest absolute Gasteiger partial charge is 0.376 e. The summed E-state index contributed by atoms with van der Waals surface area (Å²) in [4.78, 5) is 27.8. The van der Waals surface area contributed by atoms with Crippen molar-refractivity contribution in [3.8, 4) is 0 Å². The van der Waals surface area contributed by atoms with Crippen LogP contribution in [0.3, 0.4) is 0 Å². The molecule has 1 saturated carbocycles. The van der Waals surface area contributed by atoms with Gasteiger partial charge in [0, 0.05) is 18.7 Å². The highest BCUT2D eigenvalue weighted by molar-refractivity contribution is 5.98. The third-order valence-corrected chi connectivity index (χ3v) is 6.02. The Morgan fingerprint density at radius 2 is 2.04 bits per heavy atom. The van der Waals surface area contributed by atoms with Crippen LogP contribution in [0.2, 0.25) is 0 Å². The lowest BCUT2D eigenvalue weighted by Crippen LogP contribution is -2.56. The summed E-state index contributed by atoms with van der Waals surface area (Å²) in [5.41, 5.74) is -0.527. The minimum Gasteiger partial charge on any atom is -0.376 e. The third kappa shape index (κ3) is 3.78. The van der Waals surface area contributed by atoms with E-state index in [-0.39, 0.29) is 30.1 Å². The van der Waals surface area contributed by atoms with Crippen LogP contribution in [0.4, 0.5) is 4.39 Å². The van der Waals surface area contributed by atoms with Gasteiger partial charge in [-0.25, -0.2) is 4.39 Å². The molecule has 1 N–H and O–H groups in total. The van der Waals surface area contributed by atoms with Gasteiger partial charge in [0.25, 0.3) is 5.91 Å². The number of ether oxygens (including phenoxy) is 2. The Kier molecular flexibility index (Phi) is 5.64. The molecule has 2 heterocycles. The monoisotopic (exact) mass is 390 g/mol. The fourth-order valence-corrected chi connectivity index (χ4v) is 4.57. The molecule has 0 radical (unpaired) electrons. The first-order valence-electron chi connectivity index (χ1n) is 10.2. The van der Waals surface area contributed by atoms with E-state index in [4.69, 9.17) is 9.47 Å². The van der Waals surface area contributed by atoms with Gasteiger partial charge in [-0.15, -0.1) is 0 Å². The molecule has 2 aliphatic heterocycles. The molecule has 6 nitrogen and oxygen atoms in total. The third-order valence-electron chi connectivity index (χ3n) is 6.02. The molecule has 2 saturated heterocycles. The van der Waals surface area contributed by atoms with Crippen molar-refractivity contribution >= 4 is 11.8 Å². The number of benzene rings is 1. The van der Waals surface area contributed by atoms with Gasteiger partial charge in [0.1, 0.15) is 17.6 Å². The number of carbonyl (C=O) groups excluding carboxylic acids is 2. The summed E-state index contributed by atoms with van der Waals surface area (Å²) >= 11 is 0. The number of carbonyl (C=O) groups is 2. The molecule has 28 heavy (non-hydrogen) atoms. The summed E-state index contributed by atoms with van der Waals surface area (Å²) in [6.07, 6.45) is 6.32. The van der Waals surface area contributed by atoms with E-state index < -0.39 is 17.6 Å². The Hall–Kier alpha value is -1.99. The van der Waals surface area contributed by atoms with Crippen LogP contribution in [0, 0.1) is 5.82 Å². The van der Waals surface area contributed by atoms with Gasteiger partial charge in [0.2, 0.25) is 5.91 Å². The summed E-state index contributed by atoms with van der Waals surface area (Å²) in [6.45, 7) is 1.32. The van der Waals surface area contributed by atoms with Crippen molar-refractivity contribution in [1.29, 1.82) is 0 Å². The molecule has 1 spiro atoms. The Balaban J connectivity index is 1.55. The predicted molar refractivity (Wildman–Crippen MR) is 100 cm³/mol. The lowest BCUT2D eigenvalue weighted by molar-refractivity contribution is -0.127. The van der Waals surface area contributed by atoms with Gasteiger partial charge >= 0.3 is 0 Å². The summed E-state index contributed by atoms with van der Waals surface area (Å²) in [5.74, 6) is -1.05. The molecule has 7 heteroatoms. The van der Waals surface area contributed by atoms with E-state index in [1.807, 2.05) is 0 Å². The zero-order valence-electron chi connectivity index (χ0n) is 16.0. The second kappa shape index (κ2) is 8.17. The van der Waals surface area contributed by atoms with Gasteiger partial charge in [-0.3, -0.25) is 14.5 Å². The molecule has 0 unspecified atom stereocenters. The molecule has 0 aromatic heterocycles. The van der Waals surface area contributed by atoms with Gasteiger partial charge in [-0.2, -0.15) is 0 Å². The number of nitrogens with one attached hydrogen (secondary N) is 1. The standard InChI is InChI=1S/C21H27FN2O4/c22-16-7-4-6-15(12-16)20(26)24-18(14-28-21(24)9-2-1-3-10-21)19(25)23-13-17-8-5-11-27-17/h4,6-7,12,17-18H,1-3,5,8-11,13-14H2,(H,23,25)/t17-,18+/m1/s1. The number of amides is 2. The Morgan fingerprint density at radius 1 is 1.21 bits per heavy atom. The SMILES string of the molecule is O=C(NC[C@H]1CCCO1)[C@@H]1COC2(CCCCC2)N1C(=O)c1cccc(F)c1. The number of nitrogens with zero attached hydrogens (tertiary/aromatic N) is 1. The maximum absolute atomic E-state index is 13.7. The van der Waals surface area contributed by atoms with Crippen molar-refractivity contribution in [2.24, 2.45) is 0 Å². The van der Waals surface area contributed by atoms with Gasteiger partial charge < -0.3 is 14.8 Å². The summed E-state index contributed by atoms with van der Waals surface area (Å²) in [7, 11) is 0. The maximum Gasteiger partial charge on any atom is 0.256 e. The molecule has 3 fully saturated rings. The van der Waals surface area contributed by atoms with E-state index in [0.29, 0.717) is 19.4 Å². The van der Waals surface area contributed by atoms with Gasteiger partial charge in [0.05, 0.1) is 12.7 Å². The first kappa shape index (κ1) is 19.3. The fraction of sp³-hybridized carbons (Fsp3) is 0.619. The lowest BCUT2D eigenvalue weighted by atomic mass is 9.89. The molecule has 0 bridgehead atoms. The molecule has 152 valence electrons. The van der Waals surface area contributed by atoms with Crippen LogP contribution in [-0.2, 0) is 14.3 Å². The van der Waals surface area contributed by atoms with Crippen molar-refractivity contribution in [2.75, 3.05) is 19.8 Å². The molecule has 1 aromatic carbocycles. The highest BCUT2D eigenvalue weighted by Crippen LogP contribution is 2.41. The number of rotatable bonds is 4. The quantitative estimate of drug-likeness (QED) is 0.858. The Bertz CT molecular complexity index is 729. The minimum absolute atomic E-state index is 0.0299. The van der Waals surface area contributed by atoms with Crippen molar-refractivity contribution in [3.05, 3.63) is 35.6 Å². The summed E-state index contributed by atoms with van der Waals surface area (Å²) in [6, 6.07) is 4.91. The van der Waals surface area contributed by atoms with Crippen molar-refractivity contribution in [3.63, 3.8) is 0 Å². The molecule has 3 aliphatic rings. The second-order valence-corrected chi connectivity index (χ2v) is 7.90. The molecular formula is C21H27FN2O4. The molecule has 1 aliphatic carbocycles. The normalized spacial score (nSPS) is 26.5. The van der Waals surface area contributed by atoms with Crippen molar-refractivity contribution < 1.29 is 23.5 Å². The summed E-state index contributed by atoms with van der Waals surface area (Å²) in [5, 5.41) is 2.92. The minimum atomic E-state index is -0.770. The fourth-order valence-electron chi connectivity index (χ4n) is 4.57.